The van der Waals surface area contributed by atoms with Crippen molar-refractivity contribution >= 4 is 0 Å². The topological polar surface area (TPSA) is 3.24 Å². The van der Waals surface area contributed by atoms with Crippen LogP contribution in [0.15, 0.2) is 0 Å². The predicted molar refractivity (Wildman–Crippen MR) is 52.1 cm³/mol. The Hall–Kier alpha value is -0.110. The van der Waals surface area contributed by atoms with Crippen molar-refractivity contribution < 1.29 is 4.39 Å². The molecule has 0 saturated carbocycles. The van der Waals surface area contributed by atoms with Crippen molar-refractivity contribution in [2.75, 3.05) is 26.8 Å². The number of rotatable bonds is 6. The molecule has 74 valence electrons. The van der Waals surface area contributed by atoms with Gasteiger partial charge in [0.05, 0.1) is 0 Å². The molecule has 0 aliphatic rings. The van der Waals surface area contributed by atoms with Crippen LogP contribution in [0.25, 0.3) is 0 Å². The maximum Gasteiger partial charge on any atom is 0.102 e. The van der Waals surface area contributed by atoms with Crippen molar-refractivity contribution in [2.45, 2.75) is 27.2 Å². The summed E-state index contributed by atoms with van der Waals surface area (Å²) in [5.41, 5.74) is 0. The third kappa shape index (κ3) is 5.53. The van der Waals surface area contributed by atoms with Gasteiger partial charge in [0, 0.05) is 6.54 Å². The van der Waals surface area contributed by atoms with E-state index in [1.165, 1.54) is 6.42 Å². The summed E-state index contributed by atoms with van der Waals surface area (Å²) < 4.78 is 11.9. The Morgan fingerprint density at radius 2 is 1.75 bits per heavy atom. The highest BCUT2D eigenvalue weighted by atomic mass is 19.1. The Bertz CT molecular complexity index is 104. The highest BCUT2D eigenvalue weighted by molar-refractivity contribution is 4.60. The first-order valence-corrected chi connectivity index (χ1v) is 4.82. The Morgan fingerprint density at radius 3 is 2.17 bits per heavy atom. The predicted octanol–water partition coefficient (Wildman–Crippen LogP) is 2.57. The second-order valence-electron chi connectivity index (χ2n) is 4.00. The summed E-state index contributed by atoms with van der Waals surface area (Å²) in [6, 6.07) is 0. The molecule has 0 aliphatic carbocycles. The Balaban J connectivity index is 3.40. The molecule has 0 N–H and O–H groups in total. The molecule has 0 aromatic heterocycles. The van der Waals surface area contributed by atoms with Gasteiger partial charge in [-0.25, -0.2) is 4.39 Å². The highest BCUT2D eigenvalue weighted by Gasteiger charge is 2.07. The second-order valence-corrected chi connectivity index (χ2v) is 4.00. The lowest BCUT2D eigenvalue weighted by molar-refractivity contribution is 0.259. The van der Waals surface area contributed by atoms with Crippen LogP contribution in [-0.4, -0.2) is 31.7 Å². The summed E-state index contributed by atoms with van der Waals surface area (Å²) in [7, 11) is 1.98. The summed E-state index contributed by atoms with van der Waals surface area (Å²) in [5, 5.41) is 0. The molecule has 0 aliphatic heterocycles. The van der Waals surface area contributed by atoms with Crippen LogP contribution in [0.5, 0.6) is 0 Å². The molecule has 1 unspecified atom stereocenters. The van der Waals surface area contributed by atoms with Crippen LogP contribution >= 0.6 is 0 Å². The van der Waals surface area contributed by atoms with Gasteiger partial charge in [-0.05, 0) is 31.8 Å². The van der Waals surface area contributed by atoms with E-state index >= 15 is 0 Å². The zero-order valence-electron chi connectivity index (χ0n) is 8.81. The number of halogens is 1. The molecule has 12 heavy (non-hydrogen) atoms. The summed E-state index contributed by atoms with van der Waals surface area (Å²) in [4.78, 5) is 2.05. The van der Waals surface area contributed by atoms with Gasteiger partial charge < -0.3 is 4.90 Å². The maximum atomic E-state index is 11.9. The van der Waals surface area contributed by atoms with E-state index in [0.717, 1.165) is 18.4 Å². The average molecular weight is 175 g/mol. The third-order valence-electron chi connectivity index (χ3n) is 2.57. The van der Waals surface area contributed by atoms with Gasteiger partial charge in [0.25, 0.3) is 0 Å². The van der Waals surface area contributed by atoms with E-state index in [1.54, 1.807) is 0 Å². The molecule has 0 rings (SSSR count). The Morgan fingerprint density at radius 1 is 1.17 bits per heavy atom. The summed E-state index contributed by atoms with van der Waals surface area (Å²) in [6.45, 7) is 8.09. The molecule has 0 heterocycles. The first-order chi connectivity index (χ1) is 5.57. The molecule has 0 radical (unpaired) electrons. The highest BCUT2D eigenvalue weighted by Crippen LogP contribution is 2.13. The largest absolute Gasteiger partial charge is 0.304 e. The van der Waals surface area contributed by atoms with Crippen LogP contribution < -0.4 is 0 Å². The summed E-state index contributed by atoms with van der Waals surface area (Å²) in [5.74, 6) is 1.48. The number of hydrogen-bond donors (Lipinski definition) is 0. The summed E-state index contributed by atoms with van der Waals surface area (Å²) in [6.07, 6.45) is 1.17. The van der Waals surface area contributed by atoms with Crippen molar-refractivity contribution in [3.63, 3.8) is 0 Å². The van der Waals surface area contributed by atoms with Crippen molar-refractivity contribution in [3.8, 4) is 0 Å². The molecule has 0 aromatic rings. The number of nitrogens with zero attached hydrogens (tertiary/aromatic N) is 1. The zero-order valence-corrected chi connectivity index (χ0v) is 8.81. The standard InChI is InChI=1S/C10H22FN/c1-9(2)10(3)5-7-12(4)8-6-11/h9-10H,5-8H2,1-4H3. The Kier molecular flexibility index (Phi) is 6.35. The van der Waals surface area contributed by atoms with E-state index in [2.05, 4.69) is 25.7 Å². The Labute approximate surface area is 75.9 Å². The van der Waals surface area contributed by atoms with Crippen LogP contribution in [0.3, 0.4) is 0 Å². The molecule has 2 heteroatoms. The maximum absolute atomic E-state index is 11.9. The molecule has 0 aromatic carbocycles. The van der Waals surface area contributed by atoms with Crippen LogP contribution in [0.2, 0.25) is 0 Å². The molecule has 0 amide bonds. The normalized spacial score (nSPS) is 14.2. The van der Waals surface area contributed by atoms with E-state index in [0.29, 0.717) is 6.54 Å². The first-order valence-electron chi connectivity index (χ1n) is 4.82. The lowest BCUT2D eigenvalue weighted by Crippen LogP contribution is -2.24. The van der Waals surface area contributed by atoms with Gasteiger partial charge in [0.1, 0.15) is 6.67 Å². The lowest BCUT2D eigenvalue weighted by atomic mass is 9.95. The quantitative estimate of drug-likeness (QED) is 0.599. The van der Waals surface area contributed by atoms with E-state index in [4.69, 9.17) is 0 Å². The van der Waals surface area contributed by atoms with E-state index in [-0.39, 0.29) is 6.67 Å². The van der Waals surface area contributed by atoms with Gasteiger partial charge in [-0.3, -0.25) is 0 Å². The van der Waals surface area contributed by atoms with Gasteiger partial charge in [-0.2, -0.15) is 0 Å². The van der Waals surface area contributed by atoms with Crippen molar-refractivity contribution in [3.05, 3.63) is 0 Å². The number of alkyl halides is 1. The monoisotopic (exact) mass is 175 g/mol. The van der Waals surface area contributed by atoms with Gasteiger partial charge >= 0.3 is 0 Å². The van der Waals surface area contributed by atoms with E-state index < -0.39 is 0 Å². The first kappa shape index (κ1) is 11.9. The minimum atomic E-state index is -0.230. The van der Waals surface area contributed by atoms with Gasteiger partial charge in [0.15, 0.2) is 0 Å². The second kappa shape index (κ2) is 6.41. The van der Waals surface area contributed by atoms with Crippen LogP contribution in [-0.2, 0) is 0 Å². The molecule has 1 atom stereocenters. The molecule has 0 spiro atoms. The van der Waals surface area contributed by atoms with Crippen LogP contribution in [0, 0.1) is 11.8 Å². The molecule has 1 nitrogen and oxygen atoms in total. The SMILES string of the molecule is CC(C)C(C)CCN(C)CCF. The van der Waals surface area contributed by atoms with E-state index in [1.807, 2.05) is 7.05 Å². The average Bonchev–Trinajstić information content (AvgIpc) is 2.00. The number of hydrogen-bond acceptors (Lipinski definition) is 1. The molecule has 0 bridgehead atoms. The van der Waals surface area contributed by atoms with Crippen molar-refractivity contribution in [2.24, 2.45) is 11.8 Å². The van der Waals surface area contributed by atoms with Crippen LogP contribution in [0.4, 0.5) is 4.39 Å². The third-order valence-corrected chi connectivity index (χ3v) is 2.57. The fourth-order valence-electron chi connectivity index (χ4n) is 1.01. The van der Waals surface area contributed by atoms with Crippen molar-refractivity contribution in [1.29, 1.82) is 0 Å². The molecular formula is C10H22FN. The van der Waals surface area contributed by atoms with Crippen molar-refractivity contribution in [1.82, 2.24) is 4.90 Å². The van der Waals surface area contributed by atoms with Crippen LogP contribution in [0.1, 0.15) is 27.2 Å². The van der Waals surface area contributed by atoms with E-state index in [9.17, 15) is 4.39 Å². The minimum Gasteiger partial charge on any atom is -0.304 e. The minimum absolute atomic E-state index is 0.230. The zero-order chi connectivity index (χ0) is 9.56. The fourth-order valence-corrected chi connectivity index (χ4v) is 1.01. The summed E-state index contributed by atoms with van der Waals surface area (Å²) >= 11 is 0. The van der Waals surface area contributed by atoms with Gasteiger partial charge in [-0.1, -0.05) is 20.8 Å². The lowest BCUT2D eigenvalue weighted by Gasteiger charge is -2.20. The molecule has 0 fully saturated rings. The fraction of sp³-hybridized carbons (Fsp3) is 1.00. The van der Waals surface area contributed by atoms with Gasteiger partial charge in [-0.15, -0.1) is 0 Å². The van der Waals surface area contributed by atoms with Gasteiger partial charge in [0.2, 0.25) is 0 Å². The molecule has 0 saturated heterocycles. The molecular weight excluding hydrogens is 153 g/mol. The smallest absolute Gasteiger partial charge is 0.102 e.